The van der Waals surface area contributed by atoms with E-state index >= 15 is 0 Å². The van der Waals surface area contributed by atoms with Crippen molar-refractivity contribution in [2.24, 2.45) is 5.10 Å². The topological polar surface area (TPSA) is 75.5 Å². The van der Waals surface area contributed by atoms with E-state index in [2.05, 4.69) is 15.8 Å². The van der Waals surface area contributed by atoms with Gasteiger partial charge in [0.05, 0.1) is 6.21 Å². The van der Waals surface area contributed by atoms with Crippen molar-refractivity contribution in [3.05, 3.63) is 53.1 Å². The fraction of sp³-hybridized carbons (Fsp3) is 0.350. The molecule has 1 fully saturated rings. The van der Waals surface area contributed by atoms with Crippen LogP contribution in [-0.4, -0.2) is 28.6 Å². The summed E-state index contributed by atoms with van der Waals surface area (Å²) >= 11 is 0. The van der Waals surface area contributed by atoms with Crippen molar-refractivity contribution in [1.82, 2.24) is 15.3 Å². The first kappa shape index (κ1) is 18.8. The second-order valence-corrected chi connectivity index (χ2v) is 6.79. The van der Waals surface area contributed by atoms with Crippen molar-refractivity contribution in [3.63, 3.8) is 0 Å². The molecule has 0 radical (unpaired) electrons. The number of nitrogens with zero attached hydrogens (tertiary/aromatic N) is 2. The van der Waals surface area contributed by atoms with Gasteiger partial charge in [0.25, 0.3) is 0 Å². The maximum Gasteiger partial charge on any atom is 0.329 e. The summed E-state index contributed by atoms with van der Waals surface area (Å²) in [5.74, 6) is -1.72. The highest BCUT2D eigenvalue weighted by Crippen LogP contribution is 2.20. The Morgan fingerprint density at radius 3 is 2.48 bits per heavy atom. The zero-order valence-electron chi connectivity index (χ0n) is 15.5. The Morgan fingerprint density at radius 2 is 1.81 bits per heavy atom. The minimum atomic E-state index is -0.773. The standard InChI is InChI=1S/C20H23FN4O2/c1-13-11-15(14(2)25(13)18-9-7-16(21)8-10-18)12-22-24-20(27)19(26)23-17-5-3-4-6-17/h7-12,17H,3-6H2,1-2H3,(H,23,26)(H,24,27)/b22-12-. The van der Waals surface area contributed by atoms with E-state index in [9.17, 15) is 14.0 Å². The summed E-state index contributed by atoms with van der Waals surface area (Å²) in [6.45, 7) is 3.84. The Bertz CT molecular complexity index is 865. The van der Waals surface area contributed by atoms with Crippen molar-refractivity contribution in [2.75, 3.05) is 0 Å². The molecule has 0 atom stereocenters. The quantitative estimate of drug-likeness (QED) is 0.493. The molecule has 1 aromatic heterocycles. The molecule has 142 valence electrons. The third-order valence-electron chi connectivity index (χ3n) is 4.82. The molecule has 0 saturated heterocycles. The molecule has 1 aliphatic carbocycles. The molecule has 27 heavy (non-hydrogen) atoms. The van der Waals surface area contributed by atoms with Crippen LogP contribution in [0.2, 0.25) is 0 Å². The number of aromatic nitrogens is 1. The molecule has 0 spiro atoms. The number of halogens is 1. The third kappa shape index (κ3) is 4.42. The fourth-order valence-corrected chi connectivity index (χ4v) is 3.44. The average Bonchev–Trinajstić information content (AvgIpc) is 3.24. The van der Waals surface area contributed by atoms with E-state index in [1.807, 2.05) is 24.5 Å². The lowest BCUT2D eigenvalue weighted by Gasteiger charge is -2.10. The van der Waals surface area contributed by atoms with E-state index < -0.39 is 11.8 Å². The van der Waals surface area contributed by atoms with E-state index in [1.54, 1.807) is 12.1 Å². The van der Waals surface area contributed by atoms with Crippen LogP contribution >= 0.6 is 0 Å². The van der Waals surface area contributed by atoms with Crippen LogP contribution in [0, 0.1) is 19.7 Å². The zero-order valence-corrected chi connectivity index (χ0v) is 15.5. The Kier molecular flexibility index (Phi) is 5.69. The lowest BCUT2D eigenvalue weighted by atomic mass is 10.2. The van der Waals surface area contributed by atoms with Crippen molar-refractivity contribution in [2.45, 2.75) is 45.6 Å². The number of hydrogen-bond acceptors (Lipinski definition) is 3. The van der Waals surface area contributed by atoms with Crippen LogP contribution in [0.15, 0.2) is 35.4 Å². The number of hydrogen-bond donors (Lipinski definition) is 2. The van der Waals surface area contributed by atoms with Crippen LogP contribution in [0.1, 0.15) is 42.6 Å². The molecule has 0 unspecified atom stereocenters. The number of aryl methyl sites for hydroxylation is 1. The Labute approximate surface area is 157 Å². The number of carbonyl (C=O) groups excluding carboxylic acids is 2. The lowest BCUT2D eigenvalue weighted by molar-refractivity contribution is -0.139. The Hall–Kier alpha value is -2.96. The number of rotatable bonds is 4. The van der Waals surface area contributed by atoms with E-state index in [1.165, 1.54) is 18.3 Å². The first-order valence-electron chi connectivity index (χ1n) is 9.04. The normalized spacial score (nSPS) is 14.6. The number of benzene rings is 1. The zero-order chi connectivity index (χ0) is 19.4. The molecule has 1 saturated carbocycles. The summed E-state index contributed by atoms with van der Waals surface area (Å²) in [4.78, 5) is 23.7. The first-order valence-corrected chi connectivity index (χ1v) is 9.04. The van der Waals surface area contributed by atoms with Gasteiger partial charge in [0, 0.05) is 28.7 Å². The summed E-state index contributed by atoms with van der Waals surface area (Å²) in [7, 11) is 0. The van der Waals surface area contributed by atoms with Crippen molar-refractivity contribution in [1.29, 1.82) is 0 Å². The summed E-state index contributed by atoms with van der Waals surface area (Å²) in [5, 5.41) is 6.62. The maximum atomic E-state index is 13.1. The van der Waals surface area contributed by atoms with Crippen molar-refractivity contribution in [3.8, 4) is 5.69 Å². The van der Waals surface area contributed by atoms with Crippen LogP contribution in [0.5, 0.6) is 0 Å². The van der Waals surface area contributed by atoms with Gasteiger partial charge in [0.15, 0.2) is 0 Å². The number of amides is 2. The van der Waals surface area contributed by atoms with Gasteiger partial charge in [-0.15, -0.1) is 0 Å². The van der Waals surface area contributed by atoms with Crippen molar-refractivity contribution < 1.29 is 14.0 Å². The Morgan fingerprint density at radius 1 is 1.15 bits per heavy atom. The molecule has 0 bridgehead atoms. The van der Waals surface area contributed by atoms with Gasteiger partial charge in [-0.3, -0.25) is 9.59 Å². The summed E-state index contributed by atoms with van der Waals surface area (Å²) in [6, 6.07) is 8.21. The first-order chi connectivity index (χ1) is 13.0. The van der Waals surface area contributed by atoms with Gasteiger partial charge in [-0.1, -0.05) is 12.8 Å². The van der Waals surface area contributed by atoms with Gasteiger partial charge in [-0.05, 0) is 57.0 Å². The molecule has 0 aliphatic heterocycles. The van der Waals surface area contributed by atoms with Crippen LogP contribution in [-0.2, 0) is 9.59 Å². The molecule has 2 aromatic rings. The van der Waals surface area contributed by atoms with Crippen LogP contribution in [0.4, 0.5) is 4.39 Å². The lowest BCUT2D eigenvalue weighted by Crippen LogP contribution is -2.42. The largest absolute Gasteiger partial charge is 0.345 e. The highest BCUT2D eigenvalue weighted by atomic mass is 19.1. The SMILES string of the molecule is Cc1cc(/C=N\NC(=O)C(=O)NC2CCCC2)c(C)n1-c1ccc(F)cc1. The third-order valence-corrected chi connectivity index (χ3v) is 4.82. The van der Waals surface area contributed by atoms with Gasteiger partial charge in [-0.25, -0.2) is 9.82 Å². The van der Waals surface area contributed by atoms with Gasteiger partial charge < -0.3 is 9.88 Å². The fourth-order valence-electron chi connectivity index (χ4n) is 3.44. The van der Waals surface area contributed by atoms with E-state index in [0.29, 0.717) is 0 Å². The minimum absolute atomic E-state index is 0.0851. The molecule has 6 nitrogen and oxygen atoms in total. The van der Waals surface area contributed by atoms with E-state index in [-0.39, 0.29) is 11.9 Å². The maximum absolute atomic E-state index is 13.1. The summed E-state index contributed by atoms with van der Waals surface area (Å²) in [6.07, 6.45) is 5.49. The smallest absolute Gasteiger partial charge is 0.329 e. The van der Waals surface area contributed by atoms with Gasteiger partial charge in [0.2, 0.25) is 0 Å². The van der Waals surface area contributed by atoms with E-state index in [4.69, 9.17) is 0 Å². The van der Waals surface area contributed by atoms with Crippen LogP contribution < -0.4 is 10.7 Å². The molecular formula is C20H23FN4O2. The second kappa shape index (κ2) is 8.16. The van der Waals surface area contributed by atoms with Gasteiger partial charge >= 0.3 is 11.8 Å². The molecule has 2 amide bonds. The second-order valence-electron chi connectivity index (χ2n) is 6.79. The van der Waals surface area contributed by atoms with E-state index in [0.717, 1.165) is 48.3 Å². The van der Waals surface area contributed by atoms with Crippen LogP contribution in [0.25, 0.3) is 5.69 Å². The minimum Gasteiger partial charge on any atom is -0.345 e. The molecule has 1 aliphatic rings. The highest BCUT2D eigenvalue weighted by molar-refractivity contribution is 6.35. The van der Waals surface area contributed by atoms with Gasteiger partial charge in [0.1, 0.15) is 5.82 Å². The molecule has 1 aromatic carbocycles. The molecule has 2 N–H and O–H groups in total. The predicted octanol–water partition coefficient (Wildman–Crippen LogP) is 2.74. The van der Waals surface area contributed by atoms with Crippen molar-refractivity contribution >= 4 is 18.0 Å². The average molecular weight is 370 g/mol. The molecule has 7 heteroatoms. The summed E-state index contributed by atoms with van der Waals surface area (Å²) < 4.78 is 15.1. The number of carbonyl (C=O) groups is 2. The summed E-state index contributed by atoms with van der Waals surface area (Å²) in [5.41, 5.74) is 5.75. The Balaban J connectivity index is 1.65. The monoisotopic (exact) mass is 370 g/mol. The number of hydrazone groups is 1. The molecular weight excluding hydrogens is 347 g/mol. The number of nitrogens with one attached hydrogen (secondary N) is 2. The molecule has 1 heterocycles. The van der Waals surface area contributed by atoms with Crippen LogP contribution in [0.3, 0.4) is 0 Å². The predicted molar refractivity (Wildman–Crippen MR) is 101 cm³/mol. The van der Waals surface area contributed by atoms with Gasteiger partial charge in [-0.2, -0.15) is 5.10 Å². The highest BCUT2D eigenvalue weighted by Gasteiger charge is 2.21. The molecule has 3 rings (SSSR count).